The Morgan fingerprint density at radius 3 is 2.67 bits per heavy atom. The number of hydrogen-bond donors (Lipinski definition) is 2. The van der Waals surface area contributed by atoms with Gasteiger partial charge in [-0.15, -0.1) is 0 Å². The largest absolute Gasteiger partial charge is 0.318 e. The Labute approximate surface area is 122 Å². The van der Waals surface area contributed by atoms with E-state index in [9.17, 15) is 18.5 Å². The third kappa shape index (κ3) is 3.66. The van der Waals surface area contributed by atoms with Crippen molar-refractivity contribution in [1.82, 2.24) is 4.31 Å². The summed E-state index contributed by atoms with van der Waals surface area (Å²) in [5.74, 6) is 5.15. The fraction of sp³-hybridized carbons (Fsp3) is 0.364. The quantitative estimate of drug-likeness (QED) is 0.430. The molecule has 0 heterocycles. The van der Waals surface area contributed by atoms with E-state index in [0.717, 1.165) is 10.4 Å². The van der Waals surface area contributed by atoms with Crippen LogP contribution in [0.15, 0.2) is 23.1 Å². The minimum absolute atomic E-state index is 0.0130. The van der Waals surface area contributed by atoms with Crippen molar-refractivity contribution < 1.29 is 13.3 Å². The topological polar surface area (TPSA) is 142 Å². The SMILES string of the molecule is CCN(CCC#N)S(=O)(=O)c1ccc(NN)c([N+](=O)[O-])c1. The van der Waals surface area contributed by atoms with E-state index < -0.39 is 20.6 Å². The van der Waals surface area contributed by atoms with Gasteiger partial charge in [-0.1, -0.05) is 6.92 Å². The lowest BCUT2D eigenvalue weighted by Crippen LogP contribution is -2.31. The van der Waals surface area contributed by atoms with Crippen molar-refractivity contribution >= 4 is 21.4 Å². The van der Waals surface area contributed by atoms with Gasteiger partial charge in [0.15, 0.2) is 0 Å². The van der Waals surface area contributed by atoms with Crippen LogP contribution in [0.1, 0.15) is 13.3 Å². The Morgan fingerprint density at radius 1 is 1.52 bits per heavy atom. The fourth-order valence-corrected chi connectivity index (χ4v) is 3.19. The Balaban J connectivity index is 3.28. The zero-order valence-electron chi connectivity index (χ0n) is 11.3. The van der Waals surface area contributed by atoms with Gasteiger partial charge in [0.25, 0.3) is 5.69 Å². The second kappa shape index (κ2) is 6.98. The number of hydrazine groups is 1. The Kier molecular flexibility index (Phi) is 5.60. The van der Waals surface area contributed by atoms with Crippen molar-refractivity contribution in [2.75, 3.05) is 18.5 Å². The van der Waals surface area contributed by atoms with Gasteiger partial charge in [0.1, 0.15) is 5.69 Å². The highest BCUT2D eigenvalue weighted by molar-refractivity contribution is 7.89. The number of nitro groups is 1. The Morgan fingerprint density at radius 2 is 2.19 bits per heavy atom. The summed E-state index contributed by atoms with van der Waals surface area (Å²) >= 11 is 0. The molecule has 0 aliphatic rings. The van der Waals surface area contributed by atoms with Gasteiger partial charge in [0.05, 0.1) is 15.9 Å². The molecule has 0 radical (unpaired) electrons. The van der Waals surface area contributed by atoms with E-state index in [1.54, 1.807) is 6.92 Å². The maximum absolute atomic E-state index is 12.4. The summed E-state index contributed by atoms with van der Waals surface area (Å²) in [7, 11) is -3.90. The van der Waals surface area contributed by atoms with Crippen LogP contribution in [0, 0.1) is 21.4 Å². The van der Waals surface area contributed by atoms with Crippen molar-refractivity contribution in [3.63, 3.8) is 0 Å². The molecule has 0 aromatic heterocycles. The van der Waals surface area contributed by atoms with Crippen LogP contribution in [0.4, 0.5) is 11.4 Å². The van der Waals surface area contributed by atoms with Crippen LogP contribution in [0.2, 0.25) is 0 Å². The molecule has 0 aliphatic heterocycles. The number of nitrogens with zero attached hydrogens (tertiary/aromatic N) is 3. The van der Waals surface area contributed by atoms with Gasteiger partial charge in [-0.2, -0.15) is 9.57 Å². The number of rotatable bonds is 7. The molecule has 1 aromatic rings. The molecule has 3 N–H and O–H groups in total. The molecule has 1 aromatic carbocycles. The summed E-state index contributed by atoms with van der Waals surface area (Å²) in [5, 5.41) is 19.5. The molecule has 1 rings (SSSR count). The number of nitrogen functional groups attached to an aromatic ring is 1. The average Bonchev–Trinajstić information content (AvgIpc) is 2.46. The Bertz CT molecular complexity index is 668. The summed E-state index contributed by atoms with van der Waals surface area (Å²) in [6, 6.07) is 5.26. The Hall–Kier alpha value is -2.22. The van der Waals surface area contributed by atoms with Crippen LogP contribution < -0.4 is 11.3 Å². The number of nitro benzene ring substituents is 1. The van der Waals surface area contributed by atoms with Crippen LogP contribution in [-0.2, 0) is 10.0 Å². The molecule has 0 saturated carbocycles. The van der Waals surface area contributed by atoms with Crippen LogP contribution >= 0.6 is 0 Å². The molecule has 0 atom stereocenters. The van der Waals surface area contributed by atoms with Crippen molar-refractivity contribution in [1.29, 1.82) is 5.26 Å². The predicted octanol–water partition coefficient (Wildman–Crippen LogP) is 0.805. The minimum Gasteiger partial charge on any atom is -0.318 e. The van der Waals surface area contributed by atoms with Crippen LogP contribution in [0.3, 0.4) is 0 Å². The molecular weight excluding hydrogens is 298 g/mol. The molecule has 9 nitrogen and oxygen atoms in total. The number of nitrogens with one attached hydrogen (secondary N) is 1. The van der Waals surface area contributed by atoms with E-state index >= 15 is 0 Å². The number of hydrogen-bond acceptors (Lipinski definition) is 7. The van der Waals surface area contributed by atoms with E-state index in [1.807, 2.05) is 6.07 Å². The normalized spacial score (nSPS) is 11.1. The number of anilines is 1. The molecule has 10 heteroatoms. The molecule has 0 saturated heterocycles. The number of nitriles is 1. The summed E-state index contributed by atoms with van der Waals surface area (Å²) in [6.45, 7) is 1.81. The molecule has 0 bridgehead atoms. The van der Waals surface area contributed by atoms with Gasteiger partial charge < -0.3 is 5.43 Å². The van der Waals surface area contributed by atoms with E-state index in [2.05, 4.69) is 5.43 Å². The molecule has 114 valence electrons. The lowest BCUT2D eigenvalue weighted by Gasteiger charge is -2.19. The van der Waals surface area contributed by atoms with Gasteiger partial charge in [-0.3, -0.25) is 16.0 Å². The van der Waals surface area contributed by atoms with Gasteiger partial charge in [0, 0.05) is 25.6 Å². The maximum atomic E-state index is 12.4. The number of benzene rings is 1. The van der Waals surface area contributed by atoms with Crippen molar-refractivity contribution in [2.24, 2.45) is 5.84 Å². The first kappa shape index (κ1) is 16.8. The summed E-state index contributed by atoms with van der Waals surface area (Å²) in [6.07, 6.45) is 0.0393. The zero-order chi connectivity index (χ0) is 16.0. The average molecular weight is 313 g/mol. The molecule has 0 spiro atoms. The summed E-state index contributed by atoms with van der Waals surface area (Å²) in [5.41, 5.74) is 1.72. The van der Waals surface area contributed by atoms with E-state index in [-0.39, 0.29) is 30.1 Å². The lowest BCUT2D eigenvalue weighted by atomic mass is 10.3. The predicted molar refractivity (Wildman–Crippen MR) is 75.6 cm³/mol. The van der Waals surface area contributed by atoms with Crippen molar-refractivity contribution in [3.05, 3.63) is 28.3 Å². The first-order valence-corrected chi connectivity index (χ1v) is 7.44. The summed E-state index contributed by atoms with van der Waals surface area (Å²) < 4.78 is 25.9. The lowest BCUT2D eigenvalue weighted by molar-refractivity contribution is -0.384. The van der Waals surface area contributed by atoms with E-state index in [1.165, 1.54) is 12.1 Å². The highest BCUT2D eigenvalue weighted by Gasteiger charge is 2.26. The van der Waals surface area contributed by atoms with Gasteiger partial charge in [0.2, 0.25) is 10.0 Å². The van der Waals surface area contributed by atoms with Crippen LogP contribution in [-0.4, -0.2) is 30.7 Å². The van der Waals surface area contributed by atoms with E-state index in [4.69, 9.17) is 11.1 Å². The number of nitrogens with two attached hydrogens (primary N) is 1. The molecule has 21 heavy (non-hydrogen) atoms. The van der Waals surface area contributed by atoms with Gasteiger partial charge in [-0.25, -0.2) is 8.42 Å². The van der Waals surface area contributed by atoms with Crippen molar-refractivity contribution in [2.45, 2.75) is 18.2 Å². The van der Waals surface area contributed by atoms with Crippen LogP contribution in [0.25, 0.3) is 0 Å². The third-order valence-electron chi connectivity index (χ3n) is 2.78. The van der Waals surface area contributed by atoms with Crippen molar-refractivity contribution in [3.8, 4) is 6.07 Å². The second-order valence-corrected chi connectivity index (χ2v) is 5.92. The fourth-order valence-electron chi connectivity index (χ4n) is 1.72. The number of sulfonamides is 1. The molecule has 0 aliphatic carbocycles. The molecule has 0 amide bonds. The van der Waals surface area contributed by atoms with Crippen LogP contribution in [0.5, 0.6) is 0 Å². The van der Waals surface area contributed by atoms with Gasteiger partial charge in [-0.05, 0) is 12.1 Å². The maximum Gasteiger partial charge on any atom is 0.294 e. The molecule has 0 fully saturated rings. The highest BCUT2D eigenvalue weighted by atomic mass is 32.2. The highest BCUT2D eigenvalue weighted by Crippen LogP contribution is 2.28. The first-order valence-electron chi connectivity index (χ1n) is 6.00. The minimum atomic E-state index is -3.90. The molecular formula is C11H15N5O4S. The van der Waals surface area contributed by atoms with Gasteiger partial charge >= 0.3 is 0 Å². The first-order chi connectivity index (χ1) is 9.88. The smallest absolute Gasteiger partial charge is 0.294 e. The zero-order valence-corrected chi connectivity index (χ0v) is 12.1. The van der Waals surface area contributed by atoms with E-state index in [0.29, 0.717) is 0 Å². The monoisotopic (exact) mass is 313 g/mol. The molecule has 0 unspecified atom stereocenters. The summed E-state index contributed by atoms with van der Waals surface area (Å²) in [4.78, 5) is 9.99. The third-order valence-corrected chi connectivity index (χ3v) is 4.76. The second-order valence-electron chi connectivity index (χ2n) is 3.99. The standard InChI is InChI=1S/C11H15N5O4S/c1-2-15(7-3-6-12)21(19,20)9-4-5-10(14-13)11(8-9)16(17)18/h4-5,8,14H,2-3,7,13H2,1H3.